The third kappa shape index (κ3) is 2.18. The van der Waals surface area contributed by atoms with Crippen molar-refractivity contribution in [3.63, 3.8) is 0 Å². The molecule has 0 spiro atoms. The van der Waals surface area contributed by atoms with Crippen molar-refractivity contribution in [2.75, 3.05) is 0 Å². The molecule has 0 aliphatic heterocycles. The predicted octanol–water partition coefficient (Wildman–Crippen LogP) is 2.99. The molecule has 0 N–H and O–H groups in total. The van der Waals surface area contributed by atoms with E-state index in [0.717, 1.165) is 16.5 Å². The highest BCUT2D eigenvalue weighted by atomic mass is 16.6. The Hall–Kier alpha value is -2.69. The Kier molecular flexibility index (Phi) is 2.72. The molecule has 19 heavy (non-hydrogen) atoms. The topological polar surface area (TPSA) is 61.0 Å². The van der Waals surface area contributed by atoms with Gasteiger partial charge in [0.25, 0.3) is 5.69 Å². The summed E-state index contributed by atoms with van der Waals surface area (Å²) in [5, 5.41) is 16.0. The standard InChI is InChI=1S/C14H11N3O2/c18-17(19)13-7-6-12-9-15-16(14(12)8-13)10-11-4-2-1-3-5-11/h1-9H,10H2. The average molecular weight is 253 g/mol. The van der Waals surface area contributed by atoms with E-state index in [4.69, 9.17) is 0 Å². The molecule has 0 saturated carbocycles. The molecule has 0 unspecified atom stereocenters. The second kappa shape index (κ2) is 4.53. The van der Waals surface area contributed by atoms with E-state index in [9.17, 15) is 10.1 Å². The van der Waals surface area contributed by atoms with Crippen molar-refractivity contribution in [3.05, 3.63) is 70.4 Å². The zero-order valence-electron chi connectivity index (χ0n) is 10.1. The second-order valence-corrected chi connectivity index (χ2v) is 4.29. The van der Waals surface area contributed by atoms with Crippen LogP contribution in [0.15, 0.2) is 54.7 Å². The lowest BCUT2D eigenvalue weighted by atomic mass is 10.2. The summed E-state index contributed by atoms with van der Waals surface area (Å²) < 4.78 is 1.78. The number of fused-ring (bicyclic) bond motifs is 1. The van der Waals surface area contributed by atoms with E-state index in [1.807, 2.05) is 30.3 Å². The zero-order chi connectivity index (χ0) is 13.2. The molecule has 3 rings (SSSR count). The van der Waals surface area contributed by atoms with Crippen LogP contribution < -0.4 is 0 Å². The summed E-state index contributed by atoms with van der Waals surface area (Å²) in [4.78, 5) is 10.4. The number of benzene rings is 2. The Labute approximate surface area is 109 Å². The van der Waals surface area contributed by atoms with Crippen molar-refractivity contribution in [3.8, 4) is 0 Å². The predicted molar refractivity (Wildman–Crippen MR) is 71.9 cm³/mol. The molecule has 2 aromatic carbocycles. The molecule has 0 atom stereocenters. The molecule has 0 amide bonds. The van der Waals surface area contributed by atoms with Gasteiger partial charge >= 0.3 is 0 Å². The number of aromatic nitrogens is 2. The second-order valence-electron chi connectivity index (χ2n) is 4.29. The summed E-state index contributed by atoms with van der Waals surface area (Å²) in [6.07, 6.45) is 1.72. The van der Waals surface area contributed by atoms with Crippen LogP contribution >= 0.6 is 0 Å². The van der Waals surface area contributed by atoms with Crippen LogP contribution in [0.25, 0.3) is 10.9 Å². The largest absolute Gasteiger partial charge is 0.271 e. The third-order valence-electron chi connectivity index (χ3n) is 3.01. The molecular formula is C14H11N3O2. The molecular weight excluding hydrogens is 242 g/mol. The van der Waals surface area contributed by atoms with Crippen LogP contribution in [0.2, 0.25) is 0 Å². The first kappa shape index (κ1) is 11.4. The number of hydrogen-bond donors (Lipinski definition) is 0. The van der Waals surface area contributed by atoms with E-state index in [2.05, 4.69) is 5.10 Å². The zero-order valence-corrected chi connectivity index (χ0v) is 10.1. The van der Waals surface area contributed by atoms with Crippen molar-refractivity contribution in [1.82, 2.24) is 9.78 Å². The number of nitro groups is 1. The van der Waals surface area contributed by atoms with Gasteiger partial charge in [0.2, 0.25) is 0 Å². The normalized spacial score (nSPS) is 10.7. The maximum absolute atomic E-state index is 10.8. The summed E-state index contributed by atoms with van der Waals surface area (Å²) in [6, 6.07) is 14.7. The highest BCUT2D eigenvalue weighted by molar-refractivity contribution is 5.81. The van der Waals surface area contributed by atoms with Gasteiger partial charge in [-0.25, -0.2) is 0 Å². The molecule has 1 aromatic heterocycles. The average Bonchev–Trinajstić information content (AvgIpc) is 2.82. The smallest absolute Gasteiger partial charge is 0.260 e. The number of non-ortho nitro benzene ring substituents is 1. The Bertz CT molecular complexity index is 735. The van der Waals surface area contributed by atoms with Gasteiger partial charge in [0, 0.05) is 17.5 Å². The highest BCUT2D eigenvalue weighted by Gasteiger charge is 2.10. The SMILES string of the molecule is O=[N+]([O-])c1ccc2cnn(Cc3ccccc3)c2c1. The minimum Gasteiger partial charge on any atom is -0.260 e. The number of nitrogens with zero attached hydrogens (tertiary/aromatic N) is 3. The van der Waals surface area contributed by atoms with Crippen molar-refractivity contribution in [2.24, 2.45) is 0 Å². The monoisotopic (exact) mass is 253 g/mol. The van der Waals surface area contributed by atoms with Gasteiger partial charge in [-0.1, -0.05) is 30.3 Å². The van der Waals surface area contributed by atoms with E-state index in [-0.39, 0.29) is 10.6 Å². The van der Waals surface area contributed by atoms with Gasteiger partial charge in [-0.15, -0.1) is 0 Å². The van der Waals surface area contributed by atoms with Crippen molar-refractivity contribution < 1.29 is 4.92 Å². The van der Waals surface area contributed by atoms with Gasteiger partial charge in [0.15, 0.2) is 0 Å². The number of rotatable bonds is 3. The van der Waals surface area contributed by atoms with Crippen LogP contribution in [-0.4, -0.2) is 14.7 Å². The van der Waals surface area contributed by atoms with E-state index < -0.39 is 0 Å². The lowest BCUT2D eigenvalue weighted by Crippen LogP contribution is -2.01. The van der Waals surface area contributed by atoms with Crippen molar-refractivity contribution in [2.45, 2.75) is 6.54 Å². The lowest BCUT2D eigenvalue weighted by molar-refractivity contribution is -0.384. The van der Waals surface area contributed by atoms with Crippen molar-refractivity contribution >= 4 is 16.6 Å². The summed E-state index contributed by atoms with van der Waals surface area (Å²) in [5.41, 5.74) is 1.97. The van der Waals surface area contributed by atoms with Gasteiger partial charge < -0.3 is 0 Å². The Morgan fingerprint density at radius 2 is 1.95 bits per heavy atom. The minimum atomic E-state index is -0.390. The van der Waals surface area contributed by atoms with Crippen LogP contribution in [0.5, 0.6) is 0 Å². The first-order chi connectivity index (χ1) is 9.24. The molecule has 5 heteroatoms. The van der Waals surface area contributed by atoms with Gasteiger partial charge in [0.05, 0.1) is 23.2 Å². The van der Waals surface area contributed by atoms with Gasteiger partial charge in [-0.3, -0.25) is 14.8 Å². The summed E-state index contributed by atoms with van der Waals surface area (Å²) in [7, 11) is 0. The summed E-state index contributed by atoms with van der Waals surface area (Å²) >= 11 is 0. The van der Waals surface area contributed by atoms with E-state index in [1.54, 1.807) is 23.0 Å². The lowest BCUT2D eigenvalue weighted by Gasteiger charge is -2.03. The van der Waals surface area contributed by atoms with Crippen LogP contribution in [0.3, 0.4) is 0 Å². The first-order valence-corrected chi connectivity index (χ1v) is 5.88. The molecule has 0 fully saturated rings. The van der Waals surface area contributed by atoms with Gasteiger partial charge in [-0.05, 0) is 11.6 Å². The summed E-state index contributed by atoms with van der Waals surface area (Å²) in [6.45, 7) is 0.603. The Balaban J connectivity index is 2.04. The van der Waals surface area contributed by atoms with E-state index >= 15 is 0 Å². The Morgan fingerprint density at radius 1 is 1.16 bits per heavy atom. The van der Waals surface area contributed by atoms with E-state index in [1.165, 1.54) is 6.07 Å². The molecule has 0 saturated heterocycles. The molecule has 94 valence electrons. The van der Waals surface area contributed by atoms with Crippen LogP contribution in [-0.2, 0) is 6.54 Å². The molecule has 5 nitrogen and oxygen atoms in total. The molecule has 1 heterocycles. The van der Waals surface area contributed by atoms with Crippen LogP contribution in [0.4, 0.5) is 5.69 Å². The summed E-state index contributed by atoms with van der Waals surface area (Å²) in [5.74, 6) is 0. The minimum absolute atomic E-state index is 0.0855. The first-order valence-electron chi connectivity index (χ1n) is 5.88. The maximum Gasteiger partial charge on any atom is 0.271 e. The van der Waals surface area contributed by atoms with Crippen LogP contribution in [0, 0.1) is 10.1 Å². The highest BCUT2D eigenvalue weighted by Crippen LogP contribution is 2.21. The quantitative estimate of drug-likeness (QED) is 0.532. The fourth-order valence-electron chi connectivity index (χ4n) is 2.05. The Morgan fingerprint density at radius 3 is 2.68 bits per heavy atom. The molecule has 0 aliphatic rings. The van der Waals surface area contributed by atoms with E-state index in [0.29, 0.717) is 6.54 Å². The molecule has 3 aromatic rings. The van der Waals surface area contributed by atoms with Crippen molar-refractivity contribution in [1.29, 1.82) is 0 Å². The van der Waals surface area contributed by atoms with Gasteiger partial charge in [-0.2, -0.15) is 5.10 Å². The molecule has 0 radical (unpaired) electrons. The maximum atomic E-state index is 10.8. The third-order valence-corrected chi connectivity index (χ3v) is 3.01. The molecule has 0 bridgehead atoms. The number of nitro benzene ring substituents is 1. The van der Waals surface area contributed by atoms with Crippen LogP contribution in [0.1, 0.15) is 5.56 Å². The fraction of sp³-hybridized carbons (Fsp3) is 0.0714. The molecule has 0 aliphatic carbocycles. The fourth-order valence-corrected chi connectivity index (χ4v) is 2.05. The number of hydrogen-bond acceptors (Lipinski definition) is 3. The van der Waals surface area contributed by atoms with Gasteiger partial charge in [0.1, 0.15) is 0 Å².